The SMILES string of the molecule is CCNC(c1ccc(C2CCC2)cc1)c1ccncc1Cl. The van der Waals surface area contributed by atoms with Crippen molar-refractivity contribution in [2.24, 2.45) is 0 Å². The fourth-order valence-electron chi connectivity index (χ4n) is 2.93. The van der Waals surface area contributed by atoms with Crippen molar-refractivity contribution < 1.29 is 0 Å². The molecule has 2 nitrogen and oxygen atoms in total. The Balaban J connectivity index is 1.88. The quantitative estimate of drug-likeness (QED) is 0.865. The first-order chi connectivity index (χ1) is 10.3. The number of rotatable bonds is 5. The molecule has 0 amide bonds. The van der Waals surface area contributed by atoms with Crippen LogP contribution in [-0.4, -0.2) is 11.5 Å². The molecule has 0 radical (unpaired) electrons. The van der Waals surface area contributed by atoms with Crippen molar-refractivity contribution in [1.82, 2.24) is 10.3 Å². The minimum atomic E-state index is 0.126. The van der Waals surface area contributed by atoms with Gasteiger partial charge < -0.3 is 5.32 Å². The van der Waals surface area contributed by atoms with Crippen LogP contribution in [0.4, 0.5) is 0 Å². The highest BCUT2D eigenvalue weighted by atomic mass is 35.5. The lowest BCUT2D eigenvalue weighted by Gasteiger charge is -2.26. The molecule has 1 aliphatic rings. The molecular formula is C18H21ClN2. The largest absolute Gasteiger partial charge is 0.306 e. The topological polar surface area (TPSA) is 24.9 Å². The van der Waals surface area contributed by atoms with Gasteiger partial charge in [-0.1, -0.05) is 49.2 Å². The molecule has 0 aliphatic heterocycles. The highest BCUT2D eigenvalue weighted by Crippen LogP contribution is 2.37. The smallest absolute Gasteiger partial charge is 0.0640 e. The maximum absolute atomic E-state index is 6.32. The van der Waals surface area contributed by atoms with Gasteiger partial charge in [-0.25, -0.2) is 0 Å². The van der Waals surface area contributed by atoms with E-state index in [2.05, 4.69) is 41.5 Å². The predicted molar refractivity (Wildman–Crippen MR) is 87.8 cm³/mol. The van der Waals surface area contributed by atoms with Gasteiger partial charge in [0.25, 0.3) is 0 Å². The zero-order chi connectivity index (χ0) is 14.7. The first kappa shape index (κ1) is 14.6. The van der Waals surface area contributed by atoms with E-state index in [1.807, 2.05) is 6.07 Å². The van der Waals surface area contributed by atoms with Gasteiger partial charge in [0.05, 0.1) is 11.1 Å². The molecule has 1 fully saturated rings. The highest BCUT2D eigenvalue weighted by Gasteiger charge is 2.20. The molecule has 3 heteroatoms. The van der Waals surface area contributed by atoms with E-state index in [-0.39, 0.29) is 6.04 Å². The normalized spacial score (nSPS) is 16.5. The second kappa shape index (κ2) is 6.59. The summed E-state index contributed by atoms with van der Waals surface area (Å²) in [5.41, 5.74) is 3.82. The maximum Gasteiger partial charge on any atom is 0.0640 e. The number of benzene rings is 1. The molecule has 0 spiro atoms. The fourth-order valence-corrected chi connectivity index (χ4v) is 3.16. The van der Waals surface area contributed by atoms with Gasteiger partial charge in [-0.05, 0) is 48.1 Å². The summed E-state index contributed by atoms with van der Waals surface area (Å²) in [6.07, 6.45) is 7.57. The molecular weight excluding hydrogens is 280 g/mol. The Labute approximate surface area is 131 Å². The second-order valence-corrected chi connectivity index (χ2v) is 6.09. The number of aromatic nitrogens is 1. The molecule has 21 heavy (non-hydrogen) atoms. The van der Waals surface area contributed by atoms with Crippen LogP contribution in [0, 0.1) is 0 Å². The standard InChI is InChI=1S/C18H21ClN2/c1-2-21-18(16-10-11-20-12-17(16)19)15-8-6-14(7-9-15)13-4-3-5-13/h6-13,18,21H,2-5H2,1H3. The Kier molecular flexibility index (Phi) is 4.57. The lowest BCUT2D eigenvalue weighted by Crippen LogP contribution is -2.22. The van der Waals surface area contributed by atoms with E-state index in [1.54, 1.807) is 12.4 Å². The summed E-state index contributed by atoms with van der Waals surface area (Å²) < 4.78 is 0. The summed E-state index contributed by atoms with van der Waals surface area (Å²) in [7, 11) is 0. The van der Waals surface area contributed by atoms with Crippen LogP contribution in [0.2, 0.25) is 5.02 Å². The number of hydrogen-bond acceptors (Lipinski definition) is 2. The molecule has 2 aromatic rings. The third kappa shape index (κ3) is 3.12. The fraction of sp³-hybridized carbons (Fsp3) is 0.389. The molecule has 1 atom stereocenters. The van der Waals surface area contributed by atoms with Crippen molar-refractivity contribution in [3.63, 3.8) is 0 Å². The van der Waals surface area contributed by atoms with Gasteiger partial charge in [0, 0.05) is 12.4 Å². The minimum absolute atomic E-state index is 0.126. The molecule has 1 aromatic carbocycles. The zero-order valence-electron chi connectivity index (χ0n) is 12.3. The number of halogens is 1. The molecule has 1 N–H and O–H groups in total. The molecule has 1 heterocycles. The van der Waals surface area contributed by atoms with Gasteiger partial charge in [0.1, 0.15) is 0 Å². The van der Waals surface area contributed by atoms with Crippen LogP contribution < -0.4 is 5.32 Å². The third-order valence-electron chi connectivity index (χ3n) is 4.37. The number of nitrogens with one attached hydrogen (secondary N) is 1. The zero-order valence-corrected chi connectivity index (χ0v) is 13.1. The molecule has 0 saturated heterocycles. The molecule has 1 saturated carbocycles. The van der Waals surface area contributed by atoms with E-state index in [4.69, 9.17) is 11.6 Å². The Morgan fingerprint density at radius 3 is 2.57 bits per heavy atom. The lowest BCUT2D eigenvalue weighted by atomic mass is 9.79. The van der Waals surface area contributed by atoms with Gasteiger partial charge in [0.15, 0.2) is 0 Å². The molecule has 0 bridgehead atoms. The summed E-state index contributed by atoms with van der Waals surface area (Å²) in [4.78, 5) is 4.08. The van der Waals surface area contributed by atoms with Crippen molar-refractivity contribution in [2.75, 3.05) is 6.54 Å². The lowest BCUT2D eigenvalue weighted by molar-refractivity contribution is 0.419. The van der Waals surface area contributed by atoms with E-state index < -0.39 is 0 Å². The number of hydrogen-bond donors (Lipinski definition) is 1. The number of pyridine rings is 1. The Morgan fingerprint density at radius 1 is 1.24 bits per heavy atom. The maximum atomic E-state index is 6.32. The van der Waals surface area contributed by atoms with E-state index >= 15 is 0 Å². The predicted octanol–water partition coefficient (Wildman–Crippen LogP) is 4.70. The van der Waals surface area contributed by atoms with Crippen LogP contribution in [0.1, 0.15) is 54.8 Å². The second-order valence-electron chi connectivity index (χ2n) is 5.68. The van der Waals surface area contributed by atoms with Gasteiger partial charge in [-0.15, -0.1) is 0 Å². The van der Waals surface area contributed by atoms with Crippen molar-refractivity contribution in [1.29, 1.82) is 0 Å². The monoisotopic (exact) mass is 300 g/mol. The van der Waals surface area contributed by atoms with Gasteiger partial charge in [0.2, 0.25) is 0 Å². The average molecular weight is 301 g/mol. The third-order valence-corrected chi connectivity index (χ3v) is 4.69. The van der Waals surface area contributed by atoms with Crippen LogP contribution in [0.3, 0.4) is 0 Å². The first-order valence-corrected chi connectivity index (χ1v) is 8.10. The van der Waals surface area contributed by atoms with Crippen LogP contribution >= 0.6 is 11.6 Å². The molecule has 1 unspecified atom stereocenters. The van der Waals surface area contributed by atoms with E-state index in [0.29, 0.717) is 5.02 Å². The Hall–Kier alpha value is -1.38. The van der Waals surface area contributed by atoms with Gasteiger partial charge >= 0.3 is 0 Å². The van der Waals surface area contributed by atoms with Crippen LogP contribution in [0.25, 0.3) is 0 Å². The first-order valence-electron chi connectivity index (χ1n) is 7.72. The highest BCUT2D eigenvalue weighted by molar-refractivity contribution is 6.31. The molecule has 110 valence electrons. The van der Waals surface area contributed by atoms with Crippen LogP contribution in [0.15, 0.2) is 42.7 Å². The summed E-state index contributed by atoms with van der Waals surface area (Å²) in [5, 5.41) is 4.23. The molecule has 1 aromatic heterocycles. The Bertz CT molecular complexity index is 590. The molecule has 3 rings (SSSR count). The number of nitrogens with zero attached hydrogens (tertiary/aromatic N) is 1. The van der Waals surface area contributed by atoms with E-state index in [1.165, 1.54) is 30.4 Å². The summed E-state index contributed by atoms with van der Waals surface area (Å²) in [6, 6.07) is 11.1. The van der Waals surface area contributed by atoms with E-state index in [0.717, 1.165) is 18.0 Å². The summed E-state index contributed by atoms with van der Waals surface area (Å²) >= 11 is 6.32. The van der Waals surface area contributed by atoms with Gasteiger partial charge in [-0.2, -0.15) is 0 Å². The van der Waals surface area contributed by atoms with Crippen molar-refractivity contribution in [3.8, 4) is 0 Å². The van der Waals surface area contributed by atoms with Gasteiger partial charge in [-0.3, -0.25) is 4.98 Å². The van der Waals surface area contributed by atoms with Crippen molar-refractivity contribution in [3.05, 3.63) is 64.4 Å². The van der Waals surface area contributed by atoms with Crippen LogP contribution in [0.5, 0.6) is 0 Å². The Morgan fingerprint density at radius 2 is 2.00 bits per heavy atom. The summed E-state index contributed by atoms with van der Waals surface area (Å²) in [5.74, 6) is 0.779. The van der Waals surface area contributed by atoms with Crippen LogP contribution in [-0.2, 0) is 0 Å². The average Bonchev–Trinajstić information content (AvgIpc) is 2.45. The van der Waals surface area contributed by atoms with Crippen molar-refractivity contribution in [2.45, 2.75) is 38.1 Å². The minimum Gasteiger partial charge on any atom is -0.306 e. The molecule has 1 aliphatic carbocycles. The van der Waals surface area contributed by atoms with E-state index in [9.17, 15) is 0 Å². The van der Waals surface area contributed by atoms with Crippen molar-refractivity contribution >= 4 is 11.6 Å². The summed E-state index contributed by atoms with van der Waals surface area (Å²) in [6.45, 7) is 3.01.